The Balaban J connectivity index is 0.00000161. The summed E-state index contributed by atoms with van der Waals surface area (Å²) in [6.45, 7) is 2.63. The molecule has 2 aromatic rings. The van der Waals surface area contributed by atoms with Crippen LogP contribution in [0.3, 0.4) is 0 Å². The maximum Gasteiger partial charge on any atom is 0.191 e. The molecule has 21 heavy (non-hydrogen) atoms. The van der Waals surface area contributed by atoms with Crippen LogP contribution in [-0.4, -0.2) is 40.4 Å². The van der Waals surface area contributed by atoms with Gasteiger partial charge in [-0.2, -0.15) is 11.8 Å². The third-order valence-corrected chi connectivity index (χ3v) is 4.37. The Kier molecular flexibility index (Phi) is 6.10. The van der Waals surface area contributed by atoms with Gasteiger partial charge in [0, 0.05) is 36.2 Å². The van der Waals surface area contributed by atoms with Gasteiger partial charge in [0.05, 0.1) is 12.1 Å². The smallest absolute Gasteiger partial charge is 0.191 e. The highest BCUT2D eigenvalue weighted by Crippen LogP contribution is 2.14. The molecule has 1 aliphatic rings. The highest BCUT2D eigenvalue weighted by Gasteiger charge is 2.11. The molecule has 0 atom stereocenters. The lowest BCUT2D eigenvalue weighted by molar-refractivity contribution is 0.455. The first-order chi connectivity index (χ1) is 9.83. The predicted molar refractivity (Wildman–Crippen MR) is 101 cm³/mol. The quantitative estimate of drug-likeness (QED) is 0.467. The van der Waals surface area contributed by atoms with Crippen molar-refractivity contribution in [2.45, 2.75) is 6.54 Å². The number of nitrogens with two attached hydrogens (primary N) is 1. The summed E-state index contributed by atoms with van der Waals surface area (Å²) in [7, 11) is 0. The van der Waals surface area contributed by atoms with Gasteiger partial charge in [-0.3, -0.25) is 4.98 Å². The van der Waals surface area contributed by atoms with E-state index in [1.165, 1.54) is 5.56 Å². The number of nitrogens with zero attached hydrogens (tertiary/aromatic N) is 3. The average molecular weight is 414 g/mol. The van der Waals surface area contributed by atoms with E-state index in [1.54, 1.807) is 0 Å². The van der Waals surface area contributed by atoms with E-state index in [0.717, 1.165) is 35.5 Å². The summed E-state index contributed by atoms with van der Waals surface area (Å²) in [5.41, 5.74) is 8.24. The molecular formula is C15H19IN4S. The molecule has 1 aromatic heterocycles. The van der Waals surface area contributed by atoms with Crippen molar-refractivity contribution in [3.63, 3.8) is 0 Å². The Morgan fingerprint density at radius 1 is 1.29 bits per heavy atom. The molecule has 6 heteroatoms. The fourth-order valence-electron chi connectivity index (χ4n) is 2.29. The maximum absolute atomic E-state index is 6.06. The number of guanidine groups is 1. The molecule has 3 rings (SSSR count). The maximum atomic E-state index is 6.06. The van der Waals surface area contributed by atoms with Crippen LogP contribution in [0.2, 0.25) is 0 Å². The van der Waals surface area contributed by atoms with Crippen LogP contribution in [0, 0.1) is 0 Å². The largest absolute Gasteiger partial charge is 0.370 e. The molecule has 0 bridgehead atoms. The first-order valence-corrected chi connectivity index (χ1v) is 7.95. The monoisotopic (exact) mass is 414 g/mol. The number of benzene rings is 1. The molecule has 1 aliphatic heterocycles. The summed E-state index contributed by atoms with van der Waals surface area (Å²) in [6.07, 6.45) is 1.81. The molecule has 112 valence electrons. The molecule has 0 saturated carbocycles. The summed E-state index contributed by atoms with van der Waals surface area (Å²) >= 11 is 1.97. The summed E-state index contributed by atoms with van der Waals surface area (Å²) in [4.78, 5) is 11.0. The number of thioether (sulfide) groups is 1. The molecular weight excluding hydrogens is 395 g/mol. The molecule has 1 aromatic carbocycles. The Morgan fingerprint density at radius 3 is 2.90 bits per heavy atom. The van der Waals surface area contributed by atoms with Gasteiger partial charge in [0.15, 0.2) is 5.96 Å². The van der Waals surface area contributed by atoms with Crippen molar-refractivity contribution < 1.29 is 0 Å². The topological polar surface area (TPSA) is 54.5 Å². The Morgan fingerprint density at radius 2 is 2.10 bits per heavy atom. The summed E-state index contributed by atoms with van der Waals surface area (Å²) in [6, 6.07) is 10.3. The van der Waals surface area contributed by atoms with Gasteiger partial charge in [-0.15, -0.1) is 24.0 Å². The molecule has 2 N–H and O–H groups in total. The predicted octanol–water partition coefficient (Wildman–Crippen LogP) is 2.72. The minimum Gasteiger partial charge on any atom is -0.370 e. The zero-order chi connectivity index (χ0) is 13.8. The molecule has 0 unspecified atom stereocenters. The molecule has 1 saturated heterocycles. The van der Waals surface area contributed by atoms with Crippen molar-refractivity contribution in [1.82, 2.24) is 9.88 Å². The summed E-state index contributed by atoms with van der Waals surface area (Å²) < 4.78 is 0. The van der Waals surface area contributed by atoms with Crippen molar-refractivity contribution in [3.8, 4) is 0 Å². The first-order valence-electron chi connectivity index (χ1n) is 6.79. The van der Waals surface area contributed by atoms with Gasteiger partial charge in [-0.05, 0) is 23.8 Å². The Bertz CT molecular complexity index is 626. The van der Waals surface area contributed by atoms with Crippen LogP contribution in [0.15, 0.2) is 41.5 Å². The zero-order valence-corrected chi connectivity index (χ0v) is 14.9. The van der Waals surface area contributed by atoms with Gasteiger partial charge in [0.2, 0.25) is 0 Å². The van der Waals surface area contributed by atoms with Crippen molar-refractivity contribution in [2.24, 2.45) is 10.7 Å². The number of aliphatic imine (C=N–C) groups is 1. The van der Waals surface area contributed by atoms with Crippen molar-refractivity contribution in [3.05, 3.63) is 42.1 Å². The van der Waals surface area contributed by atoms with E-state index < -0.39 is 0 Å². The van der Waals surface area contributed by atoms with E-state index in [9.17, 15) is 0 Å². The lowest BCUT2D eigenvalue weighted by Crippen LogP contribution is -2.42. The summed E-state index contributed by atoms with van der Waals surface area (Å²) in [5.74, 6) is 2.94. The van der Waals surface area contributed by atoms with Crippen LogP contribution in [0.4, 0.5) is 0 Å². The first kappa shape index (κ1) is 16.4. The van der Waals surface area contributed by atoms with Crippen LogP contribution in [-0.2, 0) is 6.54 Å². The second-order valence-corrected chi connectivity index (χ2v) is 6.03. The normalized spacial score (nSPS) is 15.8. The third kappa shape index (κ3) is 4.23. The van der Waals surface area contributed by atoms with E-state index in [2.05, 4.69) is 33.1 Å². The highest BCUT2D eigenvalue weighted by molar-refractivity contribution is 14.0. The standard InChI is InChI=1S/C15H18N4S.HI/c16-15(19-6-8-20-9-7-19)18-11-12-3-4-14-13(10-12)2-1-5-17-14;/h1-5,10H,6-9,11H2,(H2,16,18);1H. The fraction of sp³-hybridized carbons (Fsp3) is 0.333. The van der Waals surface area contributed by atoms with E-state index in [-0.39, 0.29) is 24.0 Å². The van der Waals surface area contributed by atoms with Crippen LogP contribution in [0.1, 0.15) is 5.56 Å². The van der Waals surface area contributed by atoms with Crippen LogP contribution in [0.25, 0.3) is 10.9 Å². The number of fused-ring (bicyclic) bond motifs is 1. The highest BCUT2D eigenvalue weighted by atomic mass is 127. The number of aromatic nitrogens is 1. The second-order valence-electron chi connectivity index (χ2n) is 4.80. The van der Waals surface area contributed by atoms with Crippen LogP contribution >= 0.6 is 35.7 Å². The Hall–Kier alpha value is -1.02. The van der Waals surface area contributed by atoms with E-state index in [1.807, 2.05) is 30.1 Å². The van der Waals surface area contributed by atoms with E-state index >= 15 is 0 Å². The number of hydrogen-bond acceptors (Lipinski definition) is 3. The van der Waals surface area contributed by atoms with Gasteiger partial charge in [-0.1, -0.05) is 12.1 Å². The molecule has 0 radical (unpaired) electrons. The van der Waals surface area contributed by atoms with E-state index in [4.69, 9.17) is 5.73 Å². The molecule has 4 nitrogen and oxygen atoms in total. The molecule has 0 spiro atoms. The van der Waals surface area contributed by atoms with E-state index in [0.29, 0.717) is 12.5 Å². The molecule has 1 fully saturated rings. The molecule has 2 heterocycles. The van der Waals surface area contributed by atoms with Gasteiger partial charge < -0.3 is 10.6 Å². The van der Waals surface area contributed by atoms with Crippen LogP contribution in [0.5, 0.6) is 0 Å². The van der Waals surface area contributed by atoms with Gasteiger partial charge in [-0.25, -0.2) is 4.99 Å². The molecule has 0 amide bonds. The lowest BCUT2D eigenvalue weighted by atomic mass is 10.1. The number of pyridine rings is 1. The van der Waals surface area contributed by atoms with Gasteiger partial charge in [0.1, 0.15) is 0 Å². The van der Waals surface area contributed by atoms with Gasteiger partial charge >= 0.3 is 0 Å². The Labute approximate surface area is 146 Å². The van der Waals surface area contributed by atoms with Crippen LogP contribution < -0.4 is 5.73 Å². The average Bonchev–Trinajstić information content (AvgIpc) is 2.53. The number of hydrogen-bond donors (Lipinski definition) is 1. The SMILES string of the molecule is I.NC(=NCc1ccc2ncccc2c1)N1CCSCC1. The van der Waals surface area contributed by atoms with Crippen molar-refractivity contribution in [2.75, 3.05) is 24.6 Å². The van der Waals surface area contributed by atoms with Crippen molar-refractivity contribution >= 4 is 52.6 Å². The third-order valence-electron chi connectivity index (χ3n) is 3.43. The summed E-state index contributed by atoms with van der Waals surface area (Å²) in [5, 5.41) is 1.15. The van der Waals surface area contributed by atoms with Gasteiger partial charge in [0.25, 0.3) is 0 Å². The lowest BCUT2D eigenvalue weighted by Gasteiger charge is -2.27. The molecule has 0 aliphatic carbocycles. The second kappa shape index (κ2) is 7.84. The minimum atomic E-state index is 0. The zero-order valence-electron chi connectivity index (χ0n) is 11.7. The fourth-order valence-corrected chi connectivity index (χ4v) is 3.19. The number of rotatable bonds is 2. The van der Waals surface area contributed by atoms with Crippen molar-refractivity contribution in [1.29, 1.82) is 0 Å². The number of halogens is 1. The minimum absolute atomic E-state index is 0.